The van der Waals surface area contributed by atoms with E-state index in [9.17, 15) is 0 Å². The lowest BCUT2D eigenvalue weighted by atomic mass is 9.75. The summed E-state index contributed by atoms with van der Waals surface area (Å²) >= 11 is 0. The molecule has 2 atom stereocenters. The van der Waals surface area contributed by atoms with E-state index >= 15 is 0 Å². The third kappa shape index (κ3) is 2.17. The first-order valence-corrected chi connectivity index (χ1v) is 5.98. The Hall–Kier alpha value is -0.980. The summed E-state index contributed by atoms with van der Waals surface area (Å²) < 4.78 is 0. The Balaban J connectivity index is 1.96. The fourth-order valence-electron chi connectivity index (χ4n) is 2.22. The third-order valence-corrected chi connectivity index (χ3v) is 3.96. The molecule has 1 heteroatoms. The highest BCUT2D eigenvalue weighted by atomic mass is 14.9. The van der Waals surface area contributed by atoms with Gasteiger partial charge in [0.25, 0.3) is 0 Å². The number of benzene rings is 1. The Kier molecular flexibility index (Phi) is 2.99. The summed E-state index contributed by atoms with van der Waals surface area (Å²) in [6.45, 7) is 7.87. The molecule has 1 aromatic carbocycles. The van der Waals surface area contributed by atoms with Crippen molar-refractivity contribution in [1.29, 1.82) is 0 Å². The predicted octanol–water partition coefficient (Wildman–Crippen LogP) is 3.76. The van der Waals surface area contributed by atoms with Gasteiger partial charge in [-0.1, -0.05) is 25.5 Å². The largest absolute Gasteiger partial charge is 0.385 e. The molecule has 1 N–H and O–H groups in total. The summed E-state index contributed by atoms with van der Waals surface area (Å²) in [6.07, 6.45) is 2.82. The van der Waals surface area contributed by atoms with Crippen molar-refractivity contribution in [3.05, 3.63) is 29.3 Å². The zero-order valence-corrected chi connectivity index (χ0v) is 10.0. The maximum atomic E-state index is 3.59. The number of hydrogen-bond acceptors (Lipinski definition) is 1. The molecular weight excluding hydrogens is 182 g/mol. The maximum Gasteiger partial charge on any atom is 0.0372 e. The van der Waals surface area contributed by atoms with Crippen LogP contribution in [0.4, 0.5) is 5.69 Å². The van der Waals surface area contributed by atoms with Crippen molar-refractivity contribution in [2.75, 3.05) is 11.9 Å². The van der Waals surface area contributed by atoms with Gasteiger partial charge in [0.2, 0.25) is 0 Å². The zero-order chi connectivity index (χ0) is 10.8. The van der Waals surface area contributed by atoms with Crippen molar-refractivity contribution >= 4 is 5.69 Å². The molecule has 0 amide bonds. The number of aryl methyl sites for hydroxylation is 1. The van der Waals surface area contributed by atoms with E-state index in [0.717, 1.165) is 18.4 Å². The van der Waals surface area contributed by atoms with Crippen LogP contribution in [0, 0.1) is 25.7 Å². The van der Waals surface area contributed by atoms with Crippen LogP contribution in [-0.4, -0.2) is 6.54 Å². The summed E-state index contributed by atoms with van der Waals surface area (Å²) in [7, 11) is 0. The SMILES string of the molecule is Cc1cccc(NC[C@H]2CC[C@H]2C)c1C. The Bertz CT molecular complexity index is 343. The van der Waals surface area contributed by atoms with Crippen molar-refractivity contribution in [1.82, 2.24) is 0 Å². The second kappa shape index (κ2) is 4.26. The molecule has 0 unspecified atom stereocenters. The van der Waals surface area contributed by atoms with Crippen LogP contribution in [0.2, 0.25) is 0 Å². The van der Waals surface area contributed by atoms with Crippen molar-refractivity contribution in [2.24, 2.45) is 11.8 Å². The van der Waals surface area contributed by atoms with Crippen LogP contribution >= 0.6 is 0 Å². The highest BCUT2D eigenvalue weighted by molar-refractivity contribution is 5.53. The van der Waals surface area contributed by atoms with Crippen LogP contribution in [0.5, 0.6) is 0 Å². The van der Waals surface area contributed by atoms with Crippen molar-refractivity contribution in [3.8, 4) is 0 Å². The molecule has 0 heterocycles. The van der Waals surface area contributed by atoms with E-state index in [0.29, 0.717) is 0 Å². The van der Waals surface area contributed by atoms with Gasteiger partial charge in [0.05, 0.1) is 0 Å². The van der Waals surface area contributed by atoms with Crippen LogP contribution in [0.15, 0.2) is 18.2 Å². The van der Waals surface area contributed by atoms with Crippen LogP contribution in [0.3, 0.4) is 0 Å². The Morgan fingerprint density at radius 1 is 1.27 bits per heavy atom. The Labute approximate surface area is 92.9 Å². The second-order valence-electron chi connectivity index (χ2n) is 4.94. The van der Waals surface area contributed by atoms with Gasteiger partial charge in [-0.25, -0.2) is 0 Å². The second-order valence-corrected chi connectivity index (χ2v) is 4.94. The third-order valence-electron chi connectivity index (χ3n) is 3.96. The lowest BCUT2D eigenvalue weighted by Gasteiger charge is -2.34. The van der Waals surface area contributed by atoms with Gasteiger partial charge >= 0.3 is 0 Å². The molecule has 1 saturated carbocycles. The fourth-order valence-corrected chi connectivity index (χ4v) is 2.22. The average molecular weight is 203 g/mol. The van der Waals surface area contributed by atoms with E-state index in [1.54, 1.807) is 0 Å². The first-order chi connectivity index (χ1) is 7.18. The van der Waals surface area contributed by atoms with E-state index in [2.05, 4.69) is 44.3 Å². The summed E-state index contributed by atoms with van der Waals surface area (Å²) in [5, 5.41) is 3.59. The normalized spacial score (nSPS) is 24.7. The molecule has 0 spiro atoms. The van der Waals surface area contributed by atoms with Crippen LogP contribution in [0.1, 0.15) is 30.9 Å². The Morgan fingerprint density at radius 2 is 2.07 bits per heavy atom. The molecule has 0 radical (unpaired) electrons. The van der Waals surface area contributed by atoms with Gasteiger partial charge in [0, 0.05) is 12.2 Å². The van der Waals surface area contributed by atoms with Crippen LogP contribution in [0.25, 0.3) is 0 Å². The van der Waals surface area contributed by atoms with Crippen LogP contribution < -0.4 is 5.32 Å². The molecule has 0 aromatic heterocycles. The van der Waals surface area contributed by atoms with Gasteiger partial charge < -0.3 is 5.32 Å². The molecule has 0 saturated heterocycles. The standard InChI is InChI=1S/C14H21N/c1-10-5-4-6-14(12(10)3)15-9-13-8-7-11(13)2/h4-6,11,13,15H,7-9H2,1-3H3/t11-,13-/m1/s1. The van der Waals surface area contributed by atoms with Crippen molar-refractivity contribution in [2.45, 2.75) is 33.6 Å². The highest BCUT2D eigenvalue weighted by Crippen LogP contribution is 2.33. The molecule has 82 valence electrons. The topological polar surface area (TPSA) is 12.0 Å². The van der Waals surface area contributed by atoms with E-state index < -0.39 is 0 Å². The smallest absolute Gasteiger partial charge is 0.0372 e. The first-order valence-electron chi connectivity index (χ1n) is 5.98. The van der Waals surface area contributed by atoms with Gasteiger partial charge in [0.1, 0.15) is 0 Å². The highest BCUT2D eigenvalue weighted by Gasteiger charge is 2.26. The Morgan fingerprint density at radius 3 is 2.67 bits per heavy atom. The number of hydrogen-bond donors (Lipinski definition) is 1. The summed E-state index contributed by atoms with van der Waals surface area (Å²) in [5.74, 6) is 1.81. The minimum Gasteiger partial charge on any atom is -0.385 e. The average Bonchev–Trinajstić information content (AvgIpc) is 2.22. The fraction of sp³-hybridized carbons (Fsp3) is 0.571. The van der Waals surface area contributed by atoms with Gasteiger partial charge in [-0.05, 0) is 49.3 Å². The molecule has 1 aliphatic rings. The quantitative estimate of drug-likeness (QED) is 0.788. The maximum absolute atomic E-state index is 3.59. The molecule has 2 rings (SSSR count). The summed E-state index contributed by atoms with van der Waals surface area (Å²) in [4.78, 5) is 0. The molecule has 1 nitrogen and oxygen atoms in total. The van der Waals surface area contributed by atoms with Crippen molar-refractivity contribution in [3.63, 3.8) is 0 Å². The molecule has 1 fully saturated rings. The molecular formula is C14H21N. The molecule has 1 aliphatic carbocycles. The predicted molar refractivity (Wildman–Crippen MR) is 66.3 cm³/mol. The summed E-state index contributed by atoms with van der Waals surface area (Å²) in [6, 6.07) is 6.49. The van der Waals surface area contributed by atoms with Crippen molar-refractivity contribution < 1.29 is 0 Å². The minimum absolute atomic E-state index is 0.893. The molecule has 1 aromatic rings. The molecule has 0 aliphatic heterocycles. The van der Waals surface area contributed by atoms with E-state index in [-0.39, 0.29) is 0 Å². The van der Waals surface area contributed by atoms with Gasteiger partial charge in [-0.15, -0.1) is 0 Å². The van der Waals surface area contributed by atoms with E-state index in [1.807, 2.05) is 0 Å². The van der Waals surface area contributed by atoms with Crippen LogP contribution in [-0.2, 0) is 0 Å². The monoisotopic (exact) mass is 203 g/mol. The van der Waals surface area contributed by atoms with Gasteiger partial charge in [-0.3, -0.25) is 0 Å². The van der Waals surface area contributed by atoms with E-state index in [4.69, 9.17) is 0 Å². The summed E-state index contributed by atoms with van der Waals surface area (Å²) in [5.41, 5.74) is 4.08. The first kappa shape index (κ1) is 10.5. The number of nitrogens with one attached hydrogen (secondary N) is 1. The van der Waals surface area contributed by atoms with E-state index in [1.165, 1.54) is 29.7 Å². The minimum atomic E-state index is 0.893. The molecule has 0 bridgehead atoms. The molecule has 15 heavy (non-hydrogen) atoms. The number of anilines is 1. The lowest BCUT2D eigenvalue weighted by Crippen LogP contribution is -2.29. The number of rotatable bonds is 3. The van der Waals surface area contributed by atoms with Gasteiger partial charge in [0.15, 0.2) is 0 Å². The zero-order valence-electron chi connectivity index (χ0n) is 10.0. The lowest BCUT2D eigenvalue weighted by molar-refractivity contribution is 0.210. The van der Waals surface area contributed by atoms with Gasteiger partial charge in [-0.2, -0.15) is 0 Å².